The van der Waals surface area contributed by atoms with Gasteiger partial charge in [-0.25, -0.2) is 4.98 Å². The van der Waals surface area contributed by atoms with Crippen LogP contribution in [0.4, 0.5) is 23.1 Å². The molecule has 7 nitrogen and oxygen atoms in total. The van der Waals surface area contributed by atoms with Crippen molar-refractivity contribution in [3.8, 4) is 11.5 Å². The topological polar surface area (TPSA) is 108 Å². The lowest BCUT2D eigenvalue weighted by Crippen LogP contribution is -2.05. The van der Waals surface area contributed by atoms with Gasteiger partial charge in [0.1, 0.15) is 17.2 Å². The van der Waals surface area contributed by atoms with Crippen LogP contribution in [-0.4, -0.2) is 24.2 Å². The summed E-state index contributed by atoms with van der Waals surface area (Å²) in [4.78, 5) is 8.09. The van der Waals surface area contributed by atoms with Crippen LogP contribution in [0.15, 0.2) is 24.4 Å². The Balaban J connectivity index is 2.39. The Morgan fingerprint density at radius 1 is 1.11 bits per heavy atom. The molecule has 0 spiro atoms. The fourth-order valence-electron chi connectivity index (χ4n) is 1.55. The van der Waals surface area contributed by atoms with E-state index in [1.165, 1.54) is 6.20 Å². The van der Waals surface area contributed by atoms with Crippen LogP contribution in [0.25, 0.3) is 0 Å². The van der Waals surface area contributed by atoms with E-state index in [1.807, 2.05) is 6.07 Å². The Morgan fingerprint density at radius 2 is 1.74 bits per heavy atom. The van der Waals surface area contributed by atoms with Crippen LogP contribution >= 0.6 is 0 Å². The molecule has 0 fully saturated rings. The summed E-state index contributed by atoms with van der Waals surface area (Å²) < 4.78 is 10.5. The summed E-state index contributed by atoms with van der Waals surface area (Å²) in [6, 6.07) is 5.41. The molecule has 100 valence electrons. The van der Waals surface area contributed by atoms with Gasteiger partial charge in [0.2, 0.25) is 5.95 Å². The number of nitrogen functional groups attached to an aromatic ring is 2. The number of hydrogen-bond acceptors (Lipinski definition) is 7. The van der Waals surface area contributed by atoms with Crippen molar-refractivity contribution >= 4 is 23.1 Å². The molecule has 0 saturated heterocycles. The van der Waals surface area contributed by atoms with Crippen LogP contribution in [0.1, 0.15) is 0 Å². The van der Waals surface area contributed by atoms with Crippen molar-refractivity contribution in [2.24, 2.45) is 0 Å². The average molecular weight is 261 g/mol. The number of methoxy groups -OCH3 is 2. The first kappa shape index (κ1) is 12.7. The SMILES string of the molecule is COc1cccc(OC)c1Nc1ncc(N)c(N)n1. The largest absolute Gasteiger partial charge is 0.494 e. The first-order valence-electron chi connectivity index (χ1n) is 5.51. The minimum absolute atomic E-state index is 0.214. The summed E-state index contributed by atoms with van der Waals surface area (Å²) in [7, 11) is 3.14. The van der Waals surface area contributed by atoms with Gasteiger partial charge in [0.25, 0.3) is 0 Å². The number of aromatic nitrogens is 2. The molecule has 2 rings (SSSR count). The fourth-order valence-corrected chi connectivity index (χ4v) is 1.55. The van der Waals surface area contributed by atoms with Gasteiger partial charge in [0.05, 0.1) is 26.1 Å². The van der Waals surface area contributed by atoms with Crippen molar-refractivity contribution < 1.29 is 9.47 Å². The minimum Gasteiger partial charge on any atom is -0.494 e. The van der Waals surface area contributed by atoms with Crippen LogP contribution in [0.5, 0.6) is 11.5 Å². The summed E-state index contributed by atoms with van der Waals surface area (Å²) in [6.07, 6.45) is 1.44. The van der Waals surface area contributed by atoms with E-state index >= 15 is 0 Å². The number of rotatable bonds is 4. The molecule has 19 heavy (non-hydrogen) atoms. The maximum Gasteiger partial charge on any atom is 0.229 e. The van der Waals surface area contributed by atoms with Gasteiger partial charge in [-0.1, -0.05) is 6.07 Å². The predicted molar refractivity (Wildman–Crippen MR) is 73.7 cm³/mol. The Labute approximate surface area is 110 Å². The molecule has 0 bridgehead atoms. The lowest BCUT2D eigenvalue weighted by Gasteiger charge is -2.14. The number of anilines is 4. The van der Waals surface area contributed by atoms with Gasteiger partial charge in [-0.05, 0) is 12.1 Å². The van der Waals surface area contributed by atoms with Gasteiger partial charge in [-0.3, -0.25) is 0 Å². The predicted octanol–water partition coefficient (Wildman–Crippen LogP) is 1.40. The Bertz CT molecular complexity index is 566. The second-order valence-corrected chi connectivity index (χ2v) is 3.70. The summed E-state index contributed by atoms with van der Waals surface area (Å²) in [5.74, 6) is 1.75. The number of nitrogens with two attached hydrogens (primary N) is 2. The molecule has 0 atom stereocenters. The number of benzene rings is 1. The van der Waals surface area contributed by atoms with E-state index in [0.29, 0.717) is 28.8 Å². The van der Waals surface area contributed by atoms with E-state index in [-0.39, 0.29) is 5.82 Å². The second kappa shape index (κ2) is 5.30. The summed E-state index contributed by atoms with van der Waals surface area (Å²) >= 11 is 0. The molecule has 2 aromatic rings. The third-order valence-electron chi connectivity index (χ3n) is 2.51. The van der Waals surface area contributed by atoms with Crippen LogP contribution in [0.3, 0.4) is 0 Å². The normalized spacial score (nSPS) is 10.0. The van der Waals surface area contributed by atoms with Crippen molar-refractivity contribution in [3.63, 3.8) is 0 Å². The molecule has 1 aromatic heterocycles. The first-order chi connectivity index (χ1) is 9.15. The first-order valence-corrected chi connectivity index (χ1v) is 5.51. The zero-order valence-electron chi connectivity index (χ0n) is 10.7. The average Bonchev–Trinajstić information content (AvgIpc) is 2.43. The maximum absolute atomic E-state index is 5.64. The third-order valence-corrected chi connectivity index (χ3v) is 2.51. The van der Waals surface area contributed by atoms with Gasteiger partial charge in [0.15, 0.2) is 5.82 Å². The summed E-state index contributed by atoms with van der Waals surface area (Å²) in [5.41, 5.74) is 12.2. The molecule has 0 radical (unpaired) electrons. The third kappa shape index (κ3) is 2.59. The molecule has 7 heteroatoms. The number of nitrogens with one attached hydrogen (secondary N) is 1. The van der Waals surface area contributed by atoms with Crippen LogP contribution < -0.4 is 26.3 Å². The van der Waals surface area contributed by atoms with E-state index < -0.39 is 0 Å². The highest BCUT2D eigenvalue weighted by Crippen LogP contribution is 2.35. The fraction of sp³-hybridized carbons (Fsp3) is 0.167. The van der Waals surface area contributed by atoms with Gasteiger partial charge >= 0.3 is 0 Å². The van der Waals surface area contributed by atoms with E-state index in [9.17, 15) is 0 Å². The van der Waals surface area contributed by atoms with Crippen molar-refractivity contribution in [2.45, 2.75) is 0 Å². The smallest absolute Gasteiger partial charge is 0.229 e. The van der Waals surface area contributed by atoms with E-state index in [2.05, 4.69) is 15.3 Å². The van der Waals surface area contributed by atoms with E-state index in [1.54, 1.807) is 26.4 Å². The molecule has 0 aliphatic carbocycles. The van der Waals surface area contributed by atoms with Gasteiger partial charge in [0, 0.05) is 0 Å². The molecule has 1 aromatic carbocycles. The lowest BCUT2D eigenvalue weighted by atomic mass is 10.2. The minimum atomic E-state index is 0.214. The van der Waals surface area contributed by atoms with Crippen LogP contribution in [0.2, 0.25) is 0 Å². The van der Waals surface area contributed by atoms with Gasteiger partial charge in [-0.2, -0.15) is 4.98 Å². The van der Waals surface area contributed by atoms with Crippen LogP contribution in [0, 0.1) is 0 Å². The molecule has 0 unspecified atom stereocenters. The number of ether oxygens (including phenoxy) is 2. The molecule has 0 saturated carbocycles. The number of hydrogen-bond donors (Lipinski definition) is 3. The molecule has 0 aliphatic rings. The quantitative estimate of drug-likeness (QED) is 0.763. The van der Waals surface area contributed by atoms with E-state index in [0.717, 1.165) is 0 Å². The molecular formula is C12H15N5O2. The highest BCUT2D eigenvalue weighted by atomic mass is 16.5. The van der Waals surface area contributed by atoms with Crippen molar-refractivity contribution in [3.05, 3.63) is 24.4 Å². The zero-order chi connectivity index (χ0) is 13.8. The summed E-state index contributed by atoms with van der Waals surface area (Å²) in [6.45, 7) is 0. The Hall–Kier alpha value is -2.70. The summed E-state index contributed by atoms with van der Waals surface area (Å²) in [5, 5.41) is 3.00. The van der Waals surface area contributed by atoms with Crippen molar-refractivity contribution in [1.82, 2.24) is 9.97 Å². The highest BCUT2D eigenvalue weighted by Gasteiger charge is 2.11. The molecule has 5 N–H and O–H groups in total. The molecular weight excluding hydrogens is 246 g/mol. The number of nitrogens with zero attached hydrogens (tertiary/aromatic N) is 2. The second-order valence-electron chi connectivity index (χ2n) is 3.70. The van der Waals surface area contributed by atoms with Gasteiger partial charge < -0.3 is 26.3 Å². The molecule has 1 heterocycles. The van der Waals surface area contributed by atoms with Crippen LogP contribution in [-0.2, 0) is 0 Å². The highest BCUT2D eigenvalue weighted by molar-refractivity contribution is 5.71. The Morgan fingerprint density at radius 3 is 2.26 bits per heavy atom. The maximum atomic E-state index is 5.64. The number of para-hydroxylation sites is 1. The molecule has 0 aliphatic heterocycles. The molecule has 0 amide bonds. The lowest BCUT2D eigenvalue weighted by molar-refractivity contribution is 0.398. The standard InChI is InChI=1S/C12H15N5O2/c1-18-8-4-3-5-9(19-2)10(8)16-12-15-6-7(13)11(14)17-12/h3-6H,13H2,1-2H3,(H3,14,15,16,17). The monoisotopic (exact) mass is 261 g/mol. The zero-order valence-corrected chi connectivity index (χ0v) is 10.7. The Kier molecular flexibility index (Phi) is 3.56. The van der Waals surface area contributed by atoms with Gasteiger partial charge in [-0.15, -0.1) is 0 Å². The van der Waals surface area contributed by atoms with E-state index in [4.69, 9.17) is 20.9 Å². The van der Waals surface area contributed by atoms with Crippen molar-refractivity contribution in [2.75, 3.05) is 31.0 Å². The van der Waals surface area contributed by atoms with Crippen molar-refractivity contribution in [1.29, 1.82) is 0 Å².